The van der Waals surface area contributed by atoms with Gasteiger partial charge in [0, 0.05) is 7.05 Å². The summed E-state index contributed by atoms with van der Waals surface area (Å²) in [5.74, 6) is -1.04. The van der Waals surface area contributed by atoms with E-state index >= 15 is 0 Å². The number of hydrogen-bond donors (Lipinski definition) is 2. The largest absolute Gasteiger partial charge is 0.481 e. The van der Waals surface area contributed by atoms with Gasteiger partial charge in [0.15, 0.2) is 5.65 Å². The smallest absolute Gasteiger partial charge is 0.329 e. The summed E-state index contributed by atoms with van der Waals surface area (Å²) in [6.45, 7) is 0. The summed E-state index contributed by atoms with van der Waals surface area (Å²) in [4.78, 5) is 35.8. The summed E-state index contributed by atoms with van der Waals surface area (Å²) in [5, 5.41) is 8.83. The Labute approximate surface area is 92.1 Å². The number of fused-ring (bicyclic) bond motifs is 1. The Balaban J connectivity index is 2.83. The number of carbonyl (C=O) groups is 1. The van der Waals surface area contributed by atoms with E-state index in [0.717, 1.165) is 11.5 Å². The second kappa shape index (κ2) is 3.56. The van der Waals surface area contributed by atoms with Crippen molar-refractivity contribution in [3.63, 3.8) is 0 Å². The number of hydrogen-bond acceptors (Lipinski definition) is 5. The van der Waals surface area contributed by atoms with Gasteiger partial charge in [-0.3, -0.25) is 19.1 Å². The summed E-state index contributed by atoms with van der Waals surface area (Å²) in [6.07, 6.45) is -0.275. The maximum atomic E-state index is 11.5. The predicted molar refractivity (Wildman–Crippen MR) is 56.8 cm³/mol. The first-order valence-electron chi connectivity index (χ1n) is 4.30. The molecule has 16 heavy (non-hydrogen) atoms. The molecule has 0 unspecified atom stereocenters. The number of nitrogens with one attached hydrogen (secondary N) is 1. The van der Waals surface area contributed by atoms with Gasteiger partial charge in [0.2, 0.25) is 0 Å². The standard InChI is InChI=1S/C8H7N3O4S/c1-11-6-5(7(14)9-8(11)15)3(16-10-6)2-4(12)13/h2H2,1H3,(H,12,13)(H,9,14,15). The molecular weight excluding hydrogens is 234 g/mol. The summed E-state index contributed by atoms with van der Waals surface area (Å²) in [6, 6.07) is 0. The van der Waals surface area contributed by atoms with Gasteiger partial charge in [-0.2, -0.15) is 4.37 Å². The van der Waals surface area contributed by atoms with Crippen LogP contribution < -0.4 is 11.2 Å². The van der Waals surface area contributed by atoms with Crippen LogP contribution in [0.2, 0.25) is 0 Å². The molecule has 0 radical (unpaired) electrons. The molecule has 2 heterocycles. The van der Waals surface area contributed by atoms with Crippen LogP contribution in [0.3, 0.4) is 0 Å². The fourth-order valence-corrected chi connectivity index (χ4v) is 2.24. The van der Waals surface area contributed by atoms with Crippen molar-refractivity contribution < 1.29 is 9.90 Å². The molecule has 0 fully saturated rings. The van der Waals surface area contributed by atoms with Crippen LogP contribution in [0.4, 0.5) is 0 Å². The van der Waals surface area contributed by atoms with E-state index in [1.165, 1.54) is 11.6 Å². The lowest BCUT2D eigenvalue weighted by atomic mass is 10.2. The highest BCUT2D eigenvalue weighted by Crippen LogP contribution is 2.17. The number of aliphatic carboxylic acids is 1. The summed E-state index contributed by atoms with van der Waals surface area (Å²) < 4.78 is 5.09. The van der Waals surface area contributed by atoms with Crippen LogP contribution in [0, 0.1) is 0 Å². The Morgan fingerprint density at radius 3 is 2.88 bits per heavy atom. The normalized spacial score (nSPS) is 10.8. The SMILES string of the molecule is Cn1c(=O)[nH]c(=O)c2c(CC(=O)O)snc21. The molecule has 2 rings (SSSR count). The second-order valence-electron chi connectivity index (χ2n) is 3.19. The van der Waals surface area contributed by atoms with Crippen molar-refractivity contribution in [2.75, 3.05) is 0 Å². The number of nitrogens with zero attached hydrogens (tertiary/aromatic N) is 2. The van der Waals surface area contributed by atoms with Crippen LogP contribution in [-0.2, 0) is 18.3 Å². The van der Waals surface area contributed by atoms with E-state index in [4.69, 9.17) is 5.11 Å². The third-order valence-electron chi connectivity index (χ3n) is 2.13. The fourth-order valence-electron chi connectivity index (χ4n) is 1.37. The molecule has 2 aromatic heterocycles. The average molecular weight is 241 g/mol. The maximum Gasteiger partial charge on any atom is 0.329 e. The van der Waals surface area contributed by atoms with Crippen molar-refractivity contribution >= 4 is 28.5 Å². The van der Waals surface area contributed by atoms with E-state index in [1.807, 2.05) is 0 Å². The van der Waals surface area contributed by atoms with Crippen LogP contribution in [0.25, 0.3) is 11.0 Å². The van der Waals surface area contributed by atoms with Crippen molar-refractivity contribution in [3.8, 4) is 0 Å². The van der Waals surface area contributed by atoms with Gasteiger partial charge in [-0.25, -0.2) is 4.79 Å². The van der Waals surface area contributed by atoms with Crippen LogP contribution in [-0.4, -0.2) is 25.0 Å². The summed E-state index contributed by atoms with van der Waals surface area (Å²) in [7, 11) is 1.46. The molecule has 0 amide bonds. The van der Waals surface area contributed by atoms with Gasteiger partial charge in [-0.1, -0.05) is 0 Å². The summed E-state index contributed by atoms with van der Waals surface area (Å²) >= 11 is 0.918. The molecule has 0 atom stereocenters. The minimum absolute atomic E-state index is 0.175. The number of aryl methyl sites for hydroxylation is 1. The third-order valence-corrected chi connectivity index (χ3v) is 2.96. The molecule has 0 spiro atoms. The molecule has 84 valence electrons. The van der Waals surface area contributed by atoms with Crippen molar-refractivity contribution in [2.24, 2.45) is 7.05 Å². The fraction of sp³-hybridized carbons (Fsp3) is 0.250. The van der Waals surface area contributed by atoms with Crippen LogP contribution in [0.5, 0.6) is 0 Å². The lowest BCUT2D eigenvalue weighted by Gasteiger charge is -1.97. The van der Waals surface area contributed by atoms with Crippen molar-refractivity contribution in [3.05, 3.63) is 25.7 Å². The number of carboxylic acids is 1. The van der Waals surface area contributed by atoms with Crippen LogP contribution in [0.1, 0.15) is 4.88 Å². The molecule has 8 heteroatoms. The first-order chi connectivity index (χ1) is 7.50. The molecule has 2 aromatic rings. The van der Waals surface area contributed by atoms with Crippen molar-refractivity contribution in [2.45, 2.75) is 6.42 Å². The Hall–Kier alpha value is -1.96. The third kappa shape index (κ3) is 1.52. The highest BCUT2D eigenvalue weighted by Gasteiger charge is 2.15. The number of aromatic amines is 1. The molecule has 0 aliphatic heterocycles. The predicted octanol–water partition coefficient (Wildman–Crippen LogP) is -0.690. The van der Waals surface area contributed by atoms with Gasteiger partial charge in [-0.15, -0.1) is 0 Å². The van der Waals surface area contributed by atoms with E-state index in [2.05, 4.69) is 9.36 Å². The van der Waals surface area contributed by atoms with Gasteiger partial charge in [0.1, 0.15) is 0 Å². The molecule has 0 aliphatic carbocycles. The van der Waals surface area contributed by atoms with E-state index in [1.54, 1.807) is 0 Å². The Kier molecular flexibility index (Phi) is 2.35. The van der Waals surface area contributed by atoms with Gasteiger partial charge < -0.3 is 5.11 Å². The maximum absolute atomic E-state index is 11.5. The zero-order valence-electron chi connectivity index (χ0n) is 8.18. The van der Waals surface area contributed by atoms with E-state index in [9.17, 15) is 14.4 Å². The Morgan fingerprint density at radius 2 is 2.25 bits per heavy atom. The number of H-pyrrole nitrogens is 1. The quantitative estimate of drug-likeness (QED) is 0.724. The van der Waals surface area contributed by atoms with Crippen LogP contribution >= 0.6 is 11.5 Å². The van der Waals surface area contributed by atoms with E-state index in [0.29, 0.717) is 4.88 Å². The molecule has 0 bridgehead atoms. The Bertz CT molecular complexity index is 681. The second-order valence-corrected chi connectivity index (χ2v) is 4.05. The monoisotopic (exact) mass is 241 g/mol. The zero-order valence-corrected chi connectivity index (χ0v) is 9.00. The number of rotatable bonds is 2. The highest BCUT2D eigenvalue weighted by atomic mass is 32.1. The van der Waals surface area contributed by atoms with Gasteiger partial charge in [-0.05, 0) is 11.5 Å². The van der Waals surface area contributed by atoms with Gasteiger partial charge in [0.25, 0.3) is 5.56 Å². The topological polar surface area (TPSA) is 105 Å². The Morgan fingerprint density at radius 1 is 1.56 bits per heavy atom. The average Bonchev–Trinajstić information content (AvgIpc) is 2.58. The zero-order chi connectivity index (χ0) is 11.9. The van der Waals surface area contributed by atoms with Gasteiger partial charge in [0.05, 0.1) is 16.7 Å². The molecule has 0 aliphatic rings. The molecule has 7 nitrogen and oxygen atoms in total. The van der Waals surface area contributed by atoms with Crippen LogP contribution in [0.15, 0.2) is 9.59 Å². The molecular formula is C8H7N3O4S. The van der Waals surface area contributed by atoms with E-state index in [-0.39, 0.29) is 17.5 Å². The first kappa shape index (κ1) is 10.6. The lowest BCUT2D eigenvalue weighted by molar-refractivity contribution is -0.136. The number of aromatic nitrogens is 3. The first-order valence-corrected chi connectivity index (χ1v) is 5.07. The molecule has 2 N–H and O–H groups in total. The minimum atomic E-state index is -1.04. The number of carboxylic acid groups (broad SMARTS) is 1. The lowest BCUT2D eigenvalue weighted by Crippen LogP contribution is -2.28. The molecule has 0 saturated carbocycles. The van der Waals surface area contributed by atoms with Crippen molar-refractivity contribution in [1.29, 1.82) is 0 Å². The van der Waals surface area contributed by atoms with E-state index < -0.39 is 17.2 Å². The van der Waals surface area contributed by atoms with Crippen molar-refractivity contribution in [1.82, 2.24) is 13.9 Å². The highest BCUT2D eigenvalue weighted by molar-refractivity contribution is 7.07. The molecule has 0 aromatic carbocycles. The van der Waals surface area contributed by atoms with Gasteiger partial charge >= 0.3 is 11.7 Å². The summed E-state index contributed by atoms with van der Waals surface area (Å²) in [5.41, 5.74) is -0.942. The molecule has 0 saturated heterocycles. The minimum Gasteiger partial charge on any atom is -0.481 e.